The summed E-state index contributed by atoms with van der Waals surface area (Å²) in [5.74, 6) is 0.692. The number of fused-ring (bicyclic) bond motifs is 1. The van der Waals surface area contributed by atoms with E-state index in [1.807, 2.05) is 13.0 Å². The minimum Gasteiger partial charge on any atom is -0.313 e. The van der Waals surface area contributed by atoms with Crippen LogP contribution in [0.4, 0.5) is 0 Å². The van der Waals surface area contributed by atoms with Gasteiger partial charge in [0.2, 0.25) is 0 Å². The van der Waals surface area contributed by atoms with Crippen molar-refractivity contribution in [2.75, 3.05) is 13.1 Å². The molecule has 19 heavy (non-hydrogen) atoms. The van der Waals surface area contributed by atoms with Crippen molar-refractivity contribution in [1.29, 1.82) is 0 Å². The van der Waals surface area contributed by atoms with Gasteiger partial charge < -0.3 is 5.32 Å². The molecule has 0 aliphatic rings. The quantitative estimate of drug-likeness (QED) is 0.821. The Morgan fingerprint density at radius 1 is 1.26 bits per heavy atom. The molecule has 0 saturated heterocycles. The van der Waals surface area contributed by atoms with Crippen LogP contribution >= 0.6 is 0 Å². The number of nitrogens with zero attached hydrogens (tertiary/aromatic N) is 1. The Morgan fingerprint density at radius 2 is 2.05 bits per heavy atom. The van der Waals surface area contributed by atoms with Crippen molar-refractivity contribution >= 4 is 17.0 Å². The first-order valence-electron chi connectivity index (χ1n) is 6.90. The molecule has 0 saturated carbocycles. The molecule has 2 heteroatoms. The molecule has 1 aromatic carbocycles. The average molecular weight is 254 g/mol. The summed E-state index contributed by atoms with van der Waals surface area (Å²) in [5, 5.41) is 4.63. The first-order chi connectivity index (χ1) is 9.16. The fourth-order valence-corrected chi connectivity index (χ4v) is 2.12. The number of nitrogens with one attached hydrogen (secondary N) is 1. The molecule has 1 heterocycles. The van der Waals surface area contributed by atoms with Gasteiger partial charge in [-0.25, -0.2) is 0 Å². The highest BCUT2D eigenvalue weighted by atomic mass is 14.8. The van der Waals surface area contributed by atoms with Crippen molar-refractivity contribution in [2.24, 2.45) is 5.92 Å². The maximum Gasteiger partial charge on any atom is 0.0711 e. The van der Waals surface area contributed by atoms with Gasteiger partial charge in [-0.15, -0.1) is 0 Å². The van der Waals surface area contributed by atoms with Crippen molar-refractivity contribution in [3.8, 4) is 0 Å². The fraction of sp³-hybridized carbons (Fsp3) is 0.353. The molecule has 0 spiro atoms. The molecule has 2 aromatic rings. The number of aromatic nitrogens is 1. The molecule has 1 N–H and O–H groups in total. The van der Waals surface area contributed by atoms with Gasteiger partial charge >= 0.3 is 0 Å². The van der Waals surface area contributed by atoms with E-state index < -0.39 is 0 Å². The number of benzene rings is 1. The predicted molar refractivity (Wildman–Crippen MR) is 83.2 cm³/mol. The van der Waals surface area contributed by atoms with Crippen LogP contribution < -0.4 is 5.32 Å². The van der Waals surface area contributed by atoms with Crippen molar-refractivity contribution in [2.45, 2.75) is 20.8 Å². The van der Waals surface area contributed by atoms with E-state index in [-0.39, 0.29) is 0 Å². The molecular weight excluding hydrogens is 232 g/mol. The second kappa shape index (κ2) is 6.48. The van der Waals surface area contributed by atoms with Gasteiger partial charge in [0.05, 0.1) is 5.52 Å². The third-order valence-electron chi connectivity index (χ3n) is 2.99. The smallest absolute Gasteiger partial charge is 0.0711 e. The third kappa shape index (κ3) is 3.90. The van der Waals surface area contributed by atoms with Crippen LogP contribution in [0.15, 0.2) is 36.4 Å². The van der Waals surface area contributed by atoms with Gasteiger partial charge in [-0.2, -0.15) is 0 Å². The van der Waals surface area contributed by atoms with E-state index in [0.717, 1.165) is 24.3 Å². The van der Waals surface area contributed by atoms with Crippen LogP contribution in [-0.2, 0) is 0 Å². The Labute approximate surface area is 115 Å². The van der Waals surface area contributed by atoms with Gasteiger partial charge in [0.25, 0.3) is 0 Å². The summed E-state index contributed by atoms with van der Waals surface area (Å²) in [5.41, 5.74) is 3.38. The lowest BCUT2D eigenvalue weighted by atomic mass is 10.1. The molecule has 2 rings (SSSR count). The predicted octanol–water partition coefficient (Wildman–Crippen LogP) is 3.80. The van der Waals surface area contributed by atoms with Gasteiger partial charge in [0.15, 0.2) is 0 Å². The van der Waals surface area contributed by atoms with Crippen LogP contribution in [0.5, 0.6) is 0 Å². The molecule has 0 bridgehead atoms. The second-order valence-corrected chi connectivity index (χ2v) is 5.32. The number of para-hydroxylation sites is 1. The number of hydrogen-bond donors (Lipinski definition) is 1. The molecular formula is C17H22N2. The minimum absolute atomic E-state index is 0.692. The molecule has 1 aromatic heterocycles. The zero-order valence-corrected chi connectivity index (χ0v) is 12.0. The maximum absolute atomic E-state index is 4.55. The van der Waals surface area contributed by atoms with E-state index in [1.54, 1.807) is 0 Å². The van der Waals surface area contributed by atoms with Crippen LogP contribution in [0.3, 0.4) is 0 Å². The third-order valence-corrected chi connectivity index (χ3v) is 2.99. The molecule has 100 valence electrons. The lowest BCUT2D eigenvalue weighted by Crippen LogP contribution is -2.19. The Kier molecular flexibility index (Phi) is 4.69. The Morgan fingerprint density at radius 3 is 2.84 bits per heavy atom. The molecule has 0 radical (unpaired) electrons. The number of aryl methyl sites for hydroxylation is 1. The van der Waals surface area contributed by atoms with Crippen molar-refractivity contribution in [3.05, 3.63) is 47.7 Å². The molecule has 2 nitrogen and oxygen atoms in total. The first kappa shape index (κ1) is 13.8. The Balaban J connectivity index is 2.13. The topological polar surface area (TPSA) is 24.9 Å². The number of rotatable bonds is 5. The SMILES string of the molecule is Cc1cc(C=CCNCC(C)C)c2ccccc2n1. The van der Waals surface area contributed by atoms with Crippen LogP contribution in [0, 0.1) is 12.8 Å². The van der Waals surface area contributed by atoms with Crippen molar-refractivity contribution in [1.82, 2.24) is 10.3 Å². The summed E-state index contributed by atoms with van der Waals surface area (Å²) < 4.78 is 0. The van der Waals surface area contributed by atoms with Gasteiger partial charge in [0.1, 0.15) is 0 Å². The largest absolute Gasteiger partial charge is 0.313 e. The van der Waals surface area contributed by atoms with Crippen LogP contribution in [0.1, 0.15) is 25.1 Å². The maximum atomic E-state index is 4.55. The first-order valence-corrected chi connectivity index (χ1v) is 6.90. The summed E-state index contributed by atoms with van der Waals surface area (Å²) in [6.07, 6.45) is 4.37. The Bertz CT molecular complexity index is 570. The molecule has 0 aliphatic heterocycles. The zero-order valence-electron chi connectivity index (χ0n) is 12.0. The molecule has 0 unspecified atom stereocenters. The van der Waals surface area contributed by atoms with Gasteiger partial charge in [0, 0.05) is 17.6 Å². The van der Waals surface area contributed by atoms with Crippen LogP contribution in [0.25, 0.3) is 17.0 Å². The standard InChI is InChI=1S/C17H22N2/c1-13(2)12-18-10-6-7-15-11-14(3)19-17-9-5-4-8-16(15)17/h4-9,11,13,18H,10,12H2,1-3H3. The summed E-state index contributed by atoms with van der Waals surface area (Å²) >= 11 is 0. The van der Waals surface area contributed by atoms with Gasteiger partial charge in [-0.05, 0) is 37.1 Å². The lowest BCUT2D eigenvalue weighted by molar-refractivity contribution is 0.577. The molecule has 0 aliphatic carbocycles. The highest BCUT2D eigenvalue weighted by Gasteiger charge is 2.00. The lowest BCUT2D eigenvalue weighted by Gasteiger charge is -2.05. The zero-order chi connectivity index (χ0) is 13.7. The summed E-state index contributed by atoms with van der Waals surface area (Å²) in [4.78, 5) is 4.55. The molecule has 0 amide bonds. The molecule has 0 fully saturated rings. The summed E-state index contributed by atoms with van der Waals surface area (Å²) in [7, 11) is 0. The summed E-state index contributed by atoms with van der Waals surface area (Å²) in [6.45, 7) is 8.45. The van der Waals surface area contributed by atoms with Crippen LogP contribution in [-0.4, -0.2) is 18.1 Å². The monoisotopic (exact) mass is 254 g/mol. The highest BCUT2D eigenvalue weighted by Crippen LogP contribution is 2.19. The van der Waals surface area contributed by atoms with E-state index in [9.17, 15) is 0 Å². The second-order valence-electron chi connectivity index (χ2n) is 5.32. The minimum atomic E-state index is 0.692. The van der Waals surface area contributed by atoms with Crippen LogP contribution in [0.2, 0.25) is 0 Å². The number of pyridine rings is 1. The van der Waals surface area contributed by atoms with Crippen molar-refractivity contribution in [3.63, 3.8) is 0 Å². The average Bonchev–Trinajstić information content (AvgIpc) is 2.37. The number of hydrogen-bond acceptors (Lipinski definition) is 2. The Hall–Kier alpha value is -1.67. The summed E-state index contributed by atoms with van der Waals surface area (Å²) in [6, 6.07) is 10.4. The van der Waals surface area contributed by atoms with E-state index in [2.05, 4.69) is 60.6 Å². The van der Waals surface area contributed by atoms with E-state index in [1.165, 1.54) is 10.9 Å². The van der Waals surface area contributed by atoms with E-state index in [4.69, 9.17) is 0 Å². The molecule has 0 atom stereocenters. The highest BCUT2D eigenvalue weighted by molar-refractivity contribution is 5.87. The normalized spacial score (nSPS) is 11.8. The van der Waals surface area contributed by atoms with E-state index in [0.29, 0.717) is 5.92 Å². The van der Waals surface area contributed by atoms with Gasteiger partial charge in [-0.1, -0.05) is 44.2 Å². The van der Waals surface area contributed by atoms with E-state index >= 15 is 0 Å². The fourth-order valence-electron chi connectivity index (χ4n) is 2.12. The van der Waals surface area contributed by atoms with Crippen molar-refractivity contribution < 1.29 is 0 Å². The van der Waals surface area contributed by atoms with Gasteiger partial charge in [-0.3, -0.25) is 4.98 Å².